The zero-order valence-corrected chi connectivity index (χ0v) is 16.7. The first kappa shape index (κ1) is 19.8. The Morgan fingerprint density at radius 1 is 1.13 bits per heavy atom. The van der Waals surface area contributed by atoms with E-state index in [2.05, 4.69) is 20.7 Å². The van der Waals surface area contributed by atoms with E-state index in [4.69, 9.17) is 9.84 Å². The molecule has 10 heteroatoms. The van der Waals surface area contributed by atoms with Crippen molar-refractivity contribution in [2.75, 3.05) is 12.5 Å². The van der Waals surface area contributed by atoms with Gasteiger partial charge in [-0.15, -0.1) is 10.2 Å². The number of fused-ring (bicyclic) bond motifs is 1. The van der Waals surface area contributed by atoms with Crippen LogP contribution in [0, 0.1) is 0 Å². The van der Waals surface area contributed by atoms with Crippen LogP contribution in [0.3, 0.4) is 0 Å². The molecular weight excluding hydrogens is 400 g/mol. The lowest BCUT2D eigenvalue weighted by Gasteiger charge is -1.99. The van der Waals surface area contributed by atoms with Crippen molar-refractivity contribution in [1.29, 1.82) is 0 Å². The summed E-state index contributed by atoms with van der Waals surface area (Å²) in [4.78, 5) is 24.4. The van der Waals surface area contributed by atoms with Crippen LogP contribution >= 0.6 is 0 Å². The first-order valence-corrected chi connectivity index (χ1v) is 9.24. The molecule has 2 heterocycles. The maximum atomic E-state index is 13.3. The number of imidazole rings is 1. The second kappa shape index (κ2) is 8.11. The molecule has 0 saturated heterocycles. The number of hydrazone groups is 1. The van der Waals surface area contributed by atoms with Crippen molar-refractivity contribution in [3.63, 3.8) is 0 Å². The molecule has 4 rings (SSSR count). The Hall–Kier alpha value is -4.47. The van der Waals surface area contributed by atoms with Crippen LogP contribution < -0.4 is 21.1 Å². The lowest BCUT2D eigenvalue weighted by Crippen LogP contribution is -2.30. The minimum absolute atomic E-state index is 0.113. The number of hydrogen-bond acceptors (Lipinski definition) is 7. The molecule has 0 aliphatic rings. The molecule has 4 aromatic rings. The van der Waals surface area contributed by atoms with Crippen LogP contribution in [0.25, 0.3) is 17.5 Å². The third kappa shape index (κ3) is 3.73. The van der Waals surface area contributed by atoms with Crippen molar-refractivity contribution in [3.8, 4) is 11.4 Å². The van der Waals surface area contributed by atoms with Gasteiger partial charge in [-0.1, -0.05) is 30.3 Å². The average Bonchev–Trinajstić information content (AvgIpc) is 3.31. The molecular formula is C21H18N6O4. The molecule has 0 amide bonds. The van der Waals surface area contributed by atoms with Crippen LogP contribution in [0.1, 0.15) is 12.5 Å². The molecule has 0 saturated carbocycles. The van der Waals surface area contributed by atoms with E-state index in [1.54, 1.807) is 37.5 Å². The van der Waals surface area contributed by atoms with Crippen LogP contribution in [-0.2, 0) is 4.79 Å². The zero-order valence-electron chi connectivity index (χ0n) is 16.7. The Labute approximate surface area is 175 Å². The number of carbonyl (C=O) groups is 1. The van der Waals surface area contributed by atoms with Crippen molar-refractivity contribution in [2.24, 2.45) is 5.10 Å². The predicted octanol–water partition coefficient (Wildman–Crippen LogP) is 1.31. The first-order chi connectivity index (χ1) is 15.0. The molecule has 10 nitrogen and oxygen atoms in total. The van der Waals surface area contributed by atoms with E-state index in [0.29, 0.717) is 11.4 Å². The summed E-state index contributed by atoms with van der Waals surface area (Å²) in [5, 5.41) is 21.3. The second-order valence-electron chi connectivity index (χ2n) is 6.55. The maximum Gasteiger partial charge on any atom is 0.351 e. The summed E-state index contributed by atoms with van der Waals surface area (Å²) in [6, 6.07) is 16.2. The van der Waals surface area contributed by atoms with Crippen LogP contribution in [-0.4, -0.2) is 43.1 Å². The highest BCUT2D eigenvalue weighted by Crippen LogP contribution is 2.13. The highest BCUT2D eigenvalue weighted by molar-refractivity contribution is 6.34. The van der Waals surface area contributed by atoms with Crippen molar-refractivity contribution < 1.29 is 14.6 Å². The number of aliphatic carboxylic acids is 1. The van der Waals surface area contributed by atoms with Gasteiger partial charge >= 0.3 is 5.97 Å². The van der Waals surface area contributed by atoms with Crippen LogP contribution in [0.15, 0.2) is 64.5 Å². The summed E-state index contributed by atoms with van der Waals surface area (Å²) >= 11 is 0. The topological polar surface area (TPSA) is 123 Å². The summed E-state index contributed by atoms with van der Waals surface area (Å²) < 4.78 is 8.11. The Bertz CT molecular complexity index is 1390. The van der Waals surface area contributed by atoms with Gasteiger partial charge < -0.3 is 9.84 Å². The number of hydrogen-bond donors (Lipinski definition) is 2. The lowest BCUT2D eigenvalue weighted by atomic mass is 10.2. The third-order valence-electron chi connectivity index (χ3n) is 4.58. The fourth-order valence-corrected chi connectivity index (χ4v) is 2.99. The highest BCUT2D eigenvalue weighted by atomic mass is 16.5. The van der Waals surface area contributed by atoms with E-state index in [-0.39, 0.29) is 28.3 Å². The van der Waals surface area contributed by atoms with Crippen molar-refractivity contribution >= 4 is 29.5 Å². The van der Waals surface area contributed by atoms with E-state index >= 15 is 0 Å². The highest BCUT2D eigenvalue weighted by Gasteiger charge is 2.18. The molecule has 0 atom stereocenters. The number of anilines is 1. The number of ether oxygens (including phenoxy) is 1. The monoisotopic (exact) mass is 418 g/mol. The van der Waals surface area contributed by atoms with Crippen molar-refractivity contribution in [2.45, 2.75) is 6.92 Å². The molecule has 2 aromatic heterocycles. The van der Waals surface area contributed by atoms with Gasteiger partial charge in [0.1, 0.15) is 16.8 Å². The summed E-state index contributed by atoms with van der Waals surface area (Å²) in [5.41, 5.74) is 3.49. The number of carboxylic acids is 1. The van der Waals surface area contributed by atoms with E-state index in [1.165, 1.54) is 15.9 Å². The van der Waals surface area contributed by atoms with Crippen LogP contribution in [0.5, 0.6) is 5.75 Å². The molecule has 2 aromatic carbocycles. The fourth-order valence-electron chi connectivity index (χ4n) is 2.99. The Morgan fingerprint density at radius 2 is 1.84 bits per heavy atom. The van der Waals surface area contributed by atoms with E-state index in [1.807, 2.05) is 30.3 Å². The molecule has 0 unspecified atom stereocenters. The number of para-hydroxylation sites is 1. The molecule has 156 valence electrons. The minimum atomic E-state index is -1.18. The van der Waals surface area contributed by atoms with Gasteiger partial charge in [0.25, 0.3) is 11.5 Å². The summed E-state index contributed by atoms with van der Waals surface area (Å²) in [7, 11) is 1.58. The average molecular weight is 418 g/mol. The normalized spacial score (nSPS) is 12.3. The molecule has 0 aliphatic heterocycles. The van der Waals surface area contributed by atoms with Gasteiger partial charge in [0.15, 0.2) is 0 Å². The standard InChI is InChI=1S/C21H18N6O4/c1-13(19(29)30)22-23-20-24-25-21-26(15-6-4-3-5-7-15)18(28)17(27(20)21)12-14-8-10-16(31-2)11-9-14/h3-12H,1-2H3,(H,23,24)(H,29,30)/b17-12+,22-13-. The number of benzene rings is 2. The Kier molecular flexibility index (Phi) is 5.19. The van der Waals surface area contributed by atoms with Gasteiger partial charge in [0, 0.05) is 0 Å². The minimum Gasteiger partial charge on any atom is -0.497 e. The maximum absolute atomic E-state index is 13.3. The number of nitrogens with one attached hydrogen (secondary N) is 1. The van der Waals surface area contributed by atoms with Crippen LogP contribution in [0.4, 0.5) is 5.95 Å². The zero-order chi connectivity index (χ0) is 22.0. The smallest absolute Gasteiger partial charge is 0.351 e. The van der Waals surface area contributed by atoms with E-state index in [0.717, 1.165) is 5.56 Å². The van der Waals surface area contributed by atoms with Crippen LogP contribution in [0.2, 0.25) is 0 Å². The molecule has 0 bridgehead atoms. The Morgan fingerprint density at radius 3 is 2.48 bits per heavy atom. The number of aromatic nitrogens is 4. The molecule has 0 spiro atoms. The molecule has 31 heavy (non-hydrogen) atoms. The molecule has 0 aliphatic carbocycles. The van der Waals surface area contributed by atoms with Gasteiger partial charge in [-0.25, -0.2) is 19.2 Å². The van der Waals surface area contributed by atoms with E-state index in [9.17, 15) is 9.59 Å². The molecule has 0 radical (unpaired) electrons. The SMILES string of the molecule is COc1ccc(/C=c2\c(=O)n(-c3ccccc3)c3nnc(N/N=C(/C)C(=O)O)n23)cc1. The number of rotatable bonds is 6. The van der Waals surface area contributed by atoms with Gasteiger partial charge in [0.2, 0.25) is 5.78 Å². The number of carboxylic acid groups (broad SMARTS) is 1. The van der Waals surface area contributed by atoms with Gasteiger partial charge in [-0.3, -0.25) is 4.79 Å². The molecule has 0 fully saturated rings. The predicted molar refractivity (Wildman–Crippen MR) is 115 cm³/mol. The summed E-state index contributed by atoms with van der Waals surface area (Å²) in [6.07, 6.45) is 1.69. The molecule has 2 N–H and O–H groups in total. The first-order valence-electron chi connectivity index (χ1n) is 9.24. The largest absolute Gasteiger partial charge is 0.497 e. The summed E-state index contributed by atoms with van der Waals surface area (Å²) in [6.45, 7) is 1.34. The van der Waals surface area contributed by atoms with Gasteiger partial charge in [-0.2, -0.15) is 5.10 Å². The number of nitrogens with zero attached hydrogens (tertiary/aromatic N) is 5. The van der Waals surface area contributed by atoms with Crippen molar-refractivity contribution in [3.05, 3.63) is 75.9 Å². The van der Waals surface area contributed by atoms with E-state index < -0.39 is 5.97 Å². The lowest BCUT2D eigenvalue weighted by molar-refractivity contribution is -0.129. The number of methoxy groups -OCH3 is 1. The Balaban J connectivity index is 1.96. The van der Waals surface area contributed by atoms with Crippen molar-refractivity contribution in [1.82, 2.24) is 19.2 Å². The third-order valence-corrected chi connectivity index (χ3v) is 4.58. The van der Waals surface area contributed by atoms with Gasteiger partial charge in [-0.05, 0) is 42.8 Å². The van der Waals surface area contributed by atoms with Gasteiger partial charge in [0.05, 0.1) is 12.8 Å². The quantitative estimate of drug-likeness (QED) is 0.357. The fraction of sp³-hybridized carbons (Fsp3) is 0.0952. The second-order valence-corrected chi connectivity index (χ2v) is 6.55. The summed E-state index contributed by atoms with van der Waals surface area (Å²) in [5.74, 6) is -0.106.